The van der Waals surface area contributed by atoms with Crippen molar-refractivity contribution in [3.05, 3.63) is 29.8 Å². The highest BCUT2D eigenvalue weighted by Gasteiger charge is 2.24. The number of urea groups is 1. The lowest BCUT2D eigenvalue weighted by Gasteiger charge is -2.18. The van der Waals surface area contributed by atoms with Crippen LogP contribution in [0.25, 0.3) is 0 Å². The molecule has 0 aliphatic rings. The molecule has 15 heteroatoms. The van der Waals surface area contributed by atoms with Crippen molar-refractivity contribution in [2.24, 2.45) is 5.84 Å². The van der Waals surface area contributed by atoms with Crippen molar-refractivity contribution in [1.29, 1.82) is 0 Å². The molecule has 2 atom stereocenters. The summed E-state index contributed by atoms with van der Waals surface area (Å²) < 4.78 is 0. The van der Waals surface area contributed by atoms with E-state index in [9.17, 15) is 33.9 Å². The van der Waals surface area contributed by atoms with E-state index in [4.69, 9.17) is 16.1 Å². The van der Waals surface area contributed by atoms with Gasteiger partial charge in [0.05, 0.1) is 0 Å². The molecule has 0 saturated heterocycles. The Morgan fingerprint density at radius 3 is 1.85 bits per heavy atom. The number of amides is 4. The summed E-state index contributed by atoms with van der Waals surface area (Å²) in [5.41, 5.74) is 3.70. The highest BCUT2D eigenvalue weighted by molar-refractivity contribution is 5.94. The molecule has 4 amide bonds. The molecule has 0 fully saturated rings. The molecule has 15 nitrogen and oxygen atoms in total. The Balaban J connectivity index is 2.18. The van der Waals surface area contributed by atoms with E-state index >= 15 is 0 Å². The van der Waals surface area contributed by atoms with E-state index in [0.29, 0.717) is 56.4 Å². The first-order valence-corrected chi connectivity index (χ1v) is 12.9. The van der Waals surface area contributed by atoms with E-state index in [-0.39, 0.29) is 24.7 Å². The van der Waals surface area contributed by atoms with Gasteiger partial charge in [0.25, 0.3) is 5.91 Å². The Morgan fingerprint density at radius 1 is 0.700 bits per heavy atom. The van der Waals surface area contributed by atoms with Gasteiger partial charge in [0.15, 0.2) is 0 Å². The zero-order valence-electron chi connectivity index (χ0n) is 22.1. The van der Waals surface area contributed by atoms with Gasteiger partial charge in [-0.2, -0.15) is 0 Å². The van der Waals surface area contributed by atoms with E-state index in [0.717, 1.165) is 6.42 Å². The number of nitrogen functional groups attached to an aromatic ring is 1. The van der Waals surface area contributed by atoms with Crippen LogP contribution in [0, 0.1) is 0 Å². The van der Waals surface area contributed by atoms with Gasteiger partial charge in [0.2, 0.25) is 5.91 Å². The van der Waals surface area contributed by atoms with E-state index in [1.165, 1.54) is 0 Å². The van der Waals surface area contributed by atoms with Crippen LogP contribution in [0.1, 0.15) is 68.1 Å². The molecule has 10 N–H and O–H groups in total. The molecule has 0 heterocycles. The second-order valence-electron chi connectivity index (χ2n) is 8.97. The predicted molar refractivity (Wildman–Crippen MR) is 143 cm³/mol. The second kappa shape index (κ2) is 18.8. The first-order valence-electron chi connectivity index (χ1n) is 12.9. The number of carbonyl (C=O) groups excluding carboxylic acids is 3. The fourth-order valence-electron chi connectivity index (χ4n) is 3.54. The maximum absolute atomic E-state index is 12.1. The van der Waals surface area contributed by atoms with E-state index < -0.39 is 42.4 Å². The normalized spacial score (nSPS) is 11.9. The lowest BCUT2D eigenvalue weighted by Crippen LogP contribution is -2.51. The molecule has 0 unspecified atom stereocenters. The smallest absolute Gasteiger partial charge is 0.326 e. The molecule has 222 valence electrons. The minimum atomic E-state index is -1.47. The van der Waals surface area contributed by atoms with Crippen LogP contribution in [0.4, 0.5) is 10.5 Å². The first-order chi connectivity index (χ1) is 19.0. The van der Waals surface area contributed by atoms with Crippen molar-refractivity contribution in [3.8, 4) is 0 Å². The number of unbranched alkanes of at least 4 members (excludes halogenated alkanes) is 3. The molecular formula is C25H38N6O9. The SMILES string of the molecule is NNc1ccc(C(=O)NCCCCCC(=O)NCCCC[C@H](NC(=O)N[C@@H](CCC(=O)O)C(=O)O)C(=O)O)cc1. The van der Waals surface area contributed by atoms with Crippen molar-refractivity contribution in [1.82, 2.24) is 21.3 Å². The lowest BCUT2D eigenvalue weighted by atomic mass is 10.1. The topological polar surface area (TPSA) is 249 Å². The van der Waals surface area contributed by atoms with Gasteiger partial charge in [0, 0.05) is 37.2 Å². The van der Waals surface area contributed by atoms with Gasteiger partial charge in [0.1, 0.15) is 12.1 Å². The largest absolute Gasteiger partial charge is 0.481 e. The summed E-state index contributed by atoms with van der Waals surface area (Å²) in [5, 5.41) is 36.9. The molecule has 0 aliphatic heterocycles. The van der Waals surface area contributed by atoms with Gasteiger partial charge in [-0.1, -0.05) is 6.42 Å². The number of benzene rings is 1. The molecule has 0 aliphatic carbocycles. The number of carboxylic acid groups (broad SMARTS) is 3. The van der Waals surface area contributed by atoms with Gasteiger partial charge in [-0.25, -0.2) is 14.4 Å². The zero-order valence-corrected chi connectivity index (χ0v) is 22.1. The molecule has 40 heavy (non-hydrogen) atoms. The van der Waals surface area contributed by atoms with Crippen molar-refractivity contribution < 1.29 is 44.1 Å². The fraction of sp³-hybridized carbons (Fsp3) is 0.520. The molecule has 0 aromatic heterocycles. The van der Waals surface area contributed by atoms with Crippen molar-refractivity contribution >= 4 is 41.4 Å². The number of aliphatic carboxylic acids is 3. The number of rotatable bonds is 20. The number of nitrogens with two attached hydrogens (primary N) is 1. The Morgan fingerprint density at radius 2 is 1.27 bits per heavy atom. The van der Waals surface area contributed by atoms with Crippen LogP contribution in [0.15, 0.2) is 24.3 Å². The number of carbonyl (C=O) groups is 6. The number of hydrogen-bond donors (Lipinski definition) is 9. The first kappa shape index (κ1) is 33.6. The summed E-state index contributed by atoms with van der Waals surface area (Å²) >= 11 is 0. The standard InChI is InChI=1S/C25H38N6O9/c26-31-17-10-8-16(9-11-17)22(35)28-15-4-1-2-7-20(32)27-14-5-3-6-18(23(36)37)29-25(40)30-19(24(38)39)12-13-21(33)34/h8-11,18-19,31H,1-7,12-15,26H2,(H,27,32)(H,28,35)(H,33,34)(H,36,37)(H,38,39)(H2,29,30,40)/t18-,19-/m0/s1. The van der Waals surface area contributed by atoms with Crippen molar-refractivity contribution in [2.75, 3.05) is 18.5 Å². The molecule has 1 aromatic carbocycles. The van der Waals surface area contributed by atoms with Crippen LogP contribution in [0.2, 0.25) is 0 Å². The molecule has 0 saturated carbocycles. The number of hydrogen-bond acceptors (Lipinski definition) is 8. The Bertz CT molecular complexity index is 1000. The van der Waals surface area contributed by atoms with Gasteiger partial charge >= 0.3 is 23.9 Å². The minimum absolute atomic E-state index is 0.0469. The minimum Gasteiger partial charge on any atom is -0.481 e. The van der Waals surface area contributed by atoms with E-state index in [2.05, 4.69) is 26.7 Å². The highest BCUT2D eigenvalue weighted by Crippen LogP contribution is 2.08. The maximum Gasteiger partial charge on any atom is 0.326 e. The average Bonchev–Trinajstić information content (AvgIpc) is 2.91. The van der Waals surface area contributed by atoms with E-state index in [1.807, 2.05) is 0 Å². The summed E-state index contributed by atoms with van der Waals surface area (Å²) in [4.78, 5) is 69.3. The third kappa shape index (κ3) is 14.5. The summed E-state index contributed by atoms with van der Waals surface area (Å²) in [7, 11) is 0. The summed E-state index contributed by atoms with van der Waals surface area (Å²) in [5.74, 6) is 0.979. The van der Waals surface area contributed by atoms with Crippen molar-refractivity contribution in [2.45, 2.75) is 69.9 Å². The van der Waals surface area contributed by atoms with Crippen molar-refractivity contribution in [3.63, 3.8) is 0 Å². The number of nitrogens with one attached hydrogen (secondary N) is 5. The highest BCUT2D eigenvalue weighted by atomic mass is 16.4. The third-order valence-corrected chi connectivity index (χ3v) is 5.78. The van der Waals surface area contributed by atoms with Crippen LogP contribution in [-0.4, -0.2) is 76.2 Å². The fourth-order valence-corrected chi connectivity index (χ4v) is 3.54. The van der Waals surface area contributed by atoms with E-state index in [1.54, 1.807) is 24.3 Å². The van der Waals surface area contributed by atoms with Crippen LogP contribution in [-0.2, 0) is 19.2 Å². The van der Waals surface area contributed by atoms with Gasteiger partial charge in [-0.05, 0) is 62.8 Å². The summed E-state index contributed by atoms with van der Waals surface area (Å²) in [6.07, 6.45) is 2.46. The monoisotopic (exact) mass is 566 g/mol. The lowest BCUT2D eigenvalue weighted by molar-refractivity contribution is -0.140. The number of carboxylic acids is 3. The quantitative estimate of drug-likeness (QED) is 0.0601. The predicted octanol–water partition coefficient (Wildman–Crippen LogP) is 0.619. The second-order valence-corrected chi connectivity index (χ2v) is 8.97. The Labute approximate surface area is 231 Å². The molecule has 1 aromatic rings. The Hall–Kier alpha value is -4.40. The Kier molecular flexibility index (Phi) is 15.8. The van der Waals surface area contributed by atoms with Crippen LogP contribution in [0.3, 0.4) is 0 Å². The molecule has 0 radical (unpaired) electrons. The summed E-state index contributed by atoms with van der Waals surface area (Å²) in [6.45, 7) is 0.801. The third-order valence-electron chi connectivity index (χ3n) is 5.78. The molecule has 0 spiro atoms. The van der Waals surface area contributed by atoms with Crippen LogP contribution in [0.5, 0.6) is 0 Å². The van der Waals surface area contributed by atoms with Crippen LogP contribution < -0.4 is 32.5 Å². The summed E-state index contributed by atoms with van der Waals surface area (Å²) in [6, 6.07) is 2.92. The average molecular weight is 567 g/mol. The van der Waals surface area contributed by atoms with Gasteiger partial charge in [-0.3, -0.25) is 20.2 Å². The number of hydrazine groups is 1. The number of anilines is 1. The molecule has 1 rings (SSSR count). The van der Waals surface area contributed by atoms with Crippen LogP contribution >= 0.6 is 0 Å². The molecule has 0 bridgehead atoms. The molecular weight excluding hydrogens is 528 g/mol. The van der Waals surface area contributed by atoms with Gasteiger partial charge in [-0.15, -0.1) is 0 Å². The zero-order chi connectivity index (χ0) is 29.9. The maximum atomic E-state index is 12.1. The van der Waals surface area contributed by atoms with Gasteiger partial charge < -0.3 is 42.0 Å².